The first-order chi connectivity index (χ1) is 14.6. The third kappa shape index (κ3) is 4.31. The van der Waals surface area contributed by atoms with Gasteiger partial charge in [0, 0.05) is 29.3 Å². The Hall–Kier alpha value is -3.60. The molecule has 0 atom stereocenters. The van der Waals surface area contributed by atoms with Crippen LogP contribution in [0.4, 0.5) is 18.9 Å². The molecule has 2 heterocycles. The summed E-state index contributed by atoms with van der Waals surface area (Å²) in [5.74, 6) is -0.333. The molecule has 0 saturated heterocycles. The number of nitrogens with one attached hydrogen (secondary N) is 1. The lowest BCUT2D eigenvalue weighted by Crippen LogP contribution is -2.20. The first-order valence-electron chi connectivity index (χ1n) is 8.92. The zero-order valence-corrected chi connectivity index (χ0v) is 16.8. The molecule has 0 fully saturated rings. The van der Waals surface area contributed by atoms with Gasteiger partial charge in [-0.2, -0.15) is 0 Å². The number of anilines is 1. The van der Waals surface area contributed by atoms with Crippen molar-refractivity contribution in [3.05, 3.63) is 72.7 Å². The third-order valence-electron chi connectivity index (χ3n) is 4.40. The molecule has 2 aromatic carbocycles. The first kappa shape index (κ1) is 20.7. The highest BCUT2D eigenvalue weighted by atomic mass is 32.2. The monoisotopic (exact) mass is 448 g/mol. The van der Waals surface area contributed by atoms with E-state index in [1.807, 2.05) is 6.92 Å². The third-order valence-corrected chi connectivity index (χ3v) is 5.82. The maximum Gasteiger partial charge on any atom is 0.573 e. The molecule has 0 spiro atoms. The fraction of sp³-hybridized carbons (Fsp3) is 0.100. The van der Waals surface area contributed by atoms with Crippen LogP contribution in [0.1, 0.15) is 5.69 Å². The molecule has 0 aliphatic heterocycles. The van der Waals surface area contributed by atoms with Gasteiger partial charge in [-0.05, 0) is 37.3 Å². The van der Waals surface area contributed by atoms with Gasteiger partial charge in [-0.25, -0.2) is 18.4 Å². The van der Waals surface area contributed by atoms with Crippen molar-refractivity contribution in [3.8, 4) is 17.0 Å². The van der Waals surface area contributed by atoms with Crippen LogP contribution in [-0.4, -0.2) is 29.1 Å². The summed E-state index contributed by atoms with van der Waals surface area (Å²) in [7, 11) is -4.36. The van der Waals surface area contributed by atoms with Gasteiger partial charge >= 0.3 is 6.36 Å². The van der Waals surface area contributed by atoms with E-state index in [-0.39, 0.29) is 5.69 Å². The van der Waals surface area contributed by atoms with Crippen molar-refractivity contribution in [2.45, 2.75) is 18.2 Å². The van der Waals surface area contributed by atoms with Crippen molar-refractivity contribution in [1.29, 1.82) is 0 Å². The maximum absolute atomic E-state index is 12.8. The molecule has 160 valence electrons. The number of para-hydroxylation sites is 1. The minimum atomic E-state index is -5.03. The van der Waals surface area contributed by atoms with Crippen LogP contribution in [-0.2, 0) is 10.0 Å². The Kier molecular flexibility index (Phi) is 5.05. The second-order valence-electron chi connectivity index (χ2n) is 6.52. The molecule has 4 aromatic rings. The van der Waals surface area contributed by atoms with E-state index < -0.39 is 27.0 Å². The predicted octanol–water partition coefficient (Wildman–Crippen LogP) is 4.40. The summed E-state index contributed by atoms with van der Waals surface area (Å²) in [5, 5.41) is 0. The van der Waals surface area contributed by atoms with Crippen molar-refractivity contribution in [2.75, 3.05) is 4.72 Å². The standard InChI is InChI=1S/C20H15F3N4O3S/c1-13-18(25-19-24-10-5-11-27(13)19)14-6-4-7-15(12-14)26-31(28,29)17-9-3-2-8-16(17)30-20(21,22)23/h2-12,26H,1H3. The number of fused-ring (bicyclic) bond motifs is 1. The number of halogens is 3. The van der Waals surface area contributed by atoms with Gasteiger partial charge in [0.25, 0.3) is 10.0 Å². The Morgan fingerprint density at radius 1 is 1.06 bits per heavy atom. The summed E-state index contributed by atoms with van der Waals surface area (Å²) in [4.78, 5) is 8.01. The number of benzene rings is 2. The number of imidazole rings is 1. The number of hydrogen-bond acceptors (Lipinski definition) is 5. The number of alkyl halides is 3. The quantitative estimate of drug-likeness (QED) is 0.489. The number of rotatable bonds is 5. The van der Waals surface area contributed by atoms with Crippen LogP contribution in [0.3, 0.4) is 0 Å². The average Bonchev–Trinajstić information content (AvgIpc) is 3.04. The second-order valence-corrected chi connectivity index (χ2v) is 8.17. The minimum absolute atomic E-state index is 0.156. The van der Waals surface area contributed by atoms with E-state index >= 15 is 0 Å². The van der Waals surface area contributed by atoms with Crippen LogP contribution in [0.25, 0.3) is 17.0 Å². The first-order valence-corrected chi connectivity index (χ1v) is 10.4. The van der Waals surface area contributed by atoms with Gasteiger partial charge in [-0.15, -0.1) is 13.2 Å². The second kappa shape index (κ2) is 7.58. The zero-order valence-electron chi connectivity index (χ0n) is 16.0. The van der Waals surface area contributed by atoms with Gasteiger partial charge in [-0.3, -0.25) is 9.12 Å². The van der Waals surface area contributed by atoms with Crippen LogP contribution < -0.4 is 9.46 Å². The SMILES string of the molecule is Cc1c(-c2cccc(NS(=O)(=O)c3ccccc3OC(F)(F)F)c2)nc2ncccn12. The van der Waals surface area contributed by atoms with E-state index in [2.05, 4.69) is 19.4 Å². The Labute approximate surface area is 175 Å². The number of aromatic nitrogens is 3. The molecule has 0 amide bonds. The maximum atomic E-state index is 12.8. The van der Waals surface area contributed by atoms with Crippen molar-refractivity contribution in [3.63, 3.8) is 0 Å². The molecule has 7 nitrogen and oxygen atoms in total. The fourth-order valence-corrected chi connectivity index (χ4v) is 4.28. The molecule has 0 aliphatic carbocycles. The van der Waals surface area contributed by atoms with Crippen LogP contribution in [0.2, 0.25) is 0 Å². The summed E-state index contributed by atoms with van der Waals surface area (Å²) in [6, 6.07) is 12.7. The molecule has 11 heteroatoms. The number of sulfonamides is 1. The smallest absolute Gasteiger partial charge is 0.404 e. The highest BCUT2D eigenvalue weighted by molar-refractivity contribution is 7.92. The lowest BCUT2D eigenvalue weighted by atomic mass is 10.1. The van der Waals surface area contributed by atoms with E-state index in [0.29, 0.717) is 17.0 Å². The van der Waals surface area contributed by atoms with Gasteiger partial charge in [0.05, 0.1) is 5.69 Å². The Morgan fingerprint density at radius 3 is 2.58 bits per heavy atom. The van der Waals surface area contributed by atoms with Gasteiger partial charge < -0.3 is 4.74 Å². The Balaban J connectivity index is 1.69. The summed E-state index contributed by atoms with van der Waals surface area (Å²) in [6.07, 6.45) is -1.62. The Bertz CT molecular complexity index is 1370. The highest BCUT2D eigenvalue weighted by Gasteiger charge is 2.34. The average molecular weight is 448 g/mol. The topological polar surface area (TPSA) is 85.6 Å². The summed E-state index contributed by atoms with van der Waals surface area (Å²) < 4.78 is 71.5. The molecule has 0 radical (unpaired) electrons. The lowest BCUT2D eigenvalue weighted by Gasteiger charge is -2.14. The lowest BCUT2D eigenvalue weighted by molar-refractivity contribution is -0.275. The van der Waals surface area contributed by atoms with Crippen molar-refractivity contribution < 1.29 is 26.3 Å². The normalized spacial score (nSPS) is 12.1. The molecule has 0 bridgehead atoms. The van der Waals surface area contributed by atoms with Crippen molar-refractivity contribution in [2.24, 2.45) is 0 Å². The van der Waals surface area contributed by atoms with Crippen molar-refractivity contribution >= 4 is 21.5 Å². The molecule has 0 unspecified atom stereocenters. The number of nitrogens with zero attached hydrogens (tertiary/aromatic N) is 3. The van der Waals surface area contributed by atoms with Gasteiger partial charge in [0.2, 0.25) is 5.78 Å². The Morgan fingerprint density at radius 2 is 1.84 bits per heavy atom. The molecule has 0 aliphatic rings. The van der Waals surface area contributed by atoms with Crippen LogP contribution in [0.5, 0.6) is 5.75 Å². The van der Waals surface area contributed by atoms with Crippen molar-refractivity contribution in [1.82, 2.24) is 14.4 Å². The zero-order chi connectivity index (χ0) is 22.2. The molecular weight excluding hydrogens is 433 g/mol. The number of ether oxygens (including phenoxy) is 1. The minimum Gasteiger partial charge on any atom is -0.404 e. The van der Waals surface area contributed by atoms with E-state index in [1.165, 1.54) is 18.2 Å². The van der Waals surface area contributed by atoms with Gasteiger partial charge in [-0.1, -0.05) is 24.3 Å². The van der Waals surface area contributed by atoms with E-state index in [1.54, 1.807) is 41.1 Å². The van der Waals surface area contributed by atoms with Crippen LogP contribution in [0, 0.1) is 6.92 Å². The summed E-state index contributed by atoms with van der Waals surface area (Å²) in [6.45, 7) is 1.85. The van der Waals surface area contributed by atoms with E-state index in [9.17, 15) is 21.6 Å². The van der Waals surface area contributed by atoms with E-state index in [0.717, 1.165) is 17.8 Å². The fourth-order valence-electron chi connectivity index (χ4n) is 3.10. The summed E-state index contributed by atoms with van der Waals surface area (Å²) in [5.41, 5.74) is 2.17. The molecule has 2 aromatic heterocycles. The van der Waals surface area contributed by atoms with Gasteiger partial charge in [0.15, 0.2) is 0 Å². The number of hydrogen-bond donors (Lipinski definition) is 1. The highest BCUT2D eigenvalue weighted by Crippen LogP contribution is 2.31. The molecule has 31 heavy (non-hydrogen) atoms. The van der Waals surface area contributed by atoms with Crippen LogP contribution >= 0.6 is 0 Å². The molecule has 0 saturated carbocycles. The molecule has 1 N–H and O–H groups in total. The van der Waals surface area contributed by atoms with Crippen LogP contribution in [0.15, 0.2) is 71.9 Å². The van der Waals surface area contributed by atoms with E-state index in [4.69, 9.17) is 0 Å². The largest absolute Gasteiger partial charge is 0.573 e. The predicted molar refractivity (Wildman–Crippen MR) is 107 cm³/mol. The number of aryl methyl sites for hydroxylation is 1. The summed E-state index contributed by atoms with van der Waals surface area (Å²) >= 11 is 0. The van der Waals surface area contributed by atoms with Gasteiger partial charge in [0.1, 0.15) is 10.6 Å². The molecule has 4 rings (SSSR count). The molecular formula is C20H15F3N4O3S.